The predicted molar refractivity (Wildman–Crippen MR) is 70.0 cm³/mol. The van der Waals surface area contributed by atoms with E-state index in [9.17, 15) is 15.0 Å². The highest BCUT2D eigenvalue weighted by Gasteiger charge is 2.43. The Morgan fingerprint density at radius 1 is 1.50 bits per heavy atom. The number of nitrogens with one attached hydrogen (secondary N) is 2. The van der Waals surface area contributed by atoms with Gasteiger partial charge in [-0.2, -0.15) is 0 Å². The summed E-state index contributed by atoms with van der Waals surface area (Å²) in [5.41, 5.74) is 0.0502. The summed E-state index contributed by atoms with van der Waals surface area (Å²) < 4.78 is 0. The third kappa shape index (κ3) is 2.02. The van der Waals surface area contributed by atoms with E-state index in [1.807, 2.05) is 4.90 Å². The molecule has 8 nitrogen and oxygen atoms in total. The van der Waals surface area contributed by atoms with E-state index in [1.54, 1.807) is 6.20 Å². The van der Waals surface area contributed by atoms with Gasteiger partial charge in [0.2, 0.25) is 0 Å². The van der Waals surface area contributed by atoms with Gasteiger partial charge in [0.05, 0.1) is 24.6 Å². The number of β-amino-alcohol motifs (C(OH)–C–C–N with tert-alkyl or cyclic N) is 2. The summed E-state index contributed by atoms with van der Waals surface area (Å²) in [5, 5.41) is 28.9. The normalized spacial score (nSPS) is 27.4. The highest BCUT2D eigenvalue weighted by Crippen LogP contribution is 2.24. The van der Waals surface area contributed by atoms with Gasteiger partial charge in [0.25, 0.3) is 5.56 Å². The number of hydrogen-bond donors (Lipinski definition) is 5. The topological polar surface area (TPSA) is 125 Å². The third-order valence-corrected chi connectivity index (χ3v) is 3.76. The van der Waals surface area contributed by atoms with Crippen LogP contribution in [0, 0.1) is 0 Å². The first kappa shape index (κ1) is 13.3. The molecule has 0 amide bonds. The standard InChI is InChI=1S/C12H16N4O4/c17-5-12(20)4-16(3-8(12)18)2-7-1-13-10-9(7)14-6-15-11(10)19/h1,6,8,13,17-18,20H,2-5H2,(H,14,15,19)/t8?,12-/m0/s1. The molecule has 2 aromatic heterocycles. The van der Waals surface area contributed by atoms with Gasteiger partial charge >= 0.3 is 0 Å². The fourth-order valence-electron chi connectivity index (χ4n) is 2.61. The minimum absolute atomic E-state index is 0.167. The Hall–Kier alpha value is -1.74. The zero-order chi connectivity index (χ0) is 14.3. The van der Waals surface area contributed by atoms with Crippen LogP contribution in [0.2, 0.25) is 0 Å². The highest BCUT2D eigenvalue weighted by molar-refractivity contribution is 5.77. The second-order valence-corrected chi connectivity index (χ2v) is 5.22. The fourth-order valence-corrected chi connectivity index (χ4v) is 2.61. The summed E-state index contributed by atoms with van der Waals surface area (Å²) in [6.45, 7) is 0.361. The smallest absolute Gasteiger partial charge is 0.275 e. The van der Waals surface area contributed by atoms with Gasteiger partial charge in [-0.05, 0) is 0 Å². The third-order valence-electron chi connectivity index (χ3n) is 3.76. The molecule has 0 saturated carbocycles. The number of likely N-dealkylation sites (tertiary alicyclic amines) is 1. The van der Waals surface area contributed by atoms with E-state index in [1.165, 1.54) is 6.33 Å². The summed E-state index contributed by atoms with van der Waals surface area (Å²) in [6, 6.07) is 0. The average Bonchev–Trinajstić information content (AvgIpc) is 2.94. The van der Waals surface area contributed by atoms with Gasteiger partial charge in [0.15, 0.2) is 0 Å². The van der Waals surface area contributed by atoms with E-state index >= 15 is 0 Å². The van der Waals surface area contributed by atoms with Crippen LogP contribution in [-0.2, 0) is 6.54 Å². The first-order chi connectivity index (χ1) is 9.53. The molecule has 1 aliphatic heterocycles. The number of aromatic nitrogens is 3. The van der Waals surface area contributed by atoms with E-state index < -0.39 is 18.3 Å². The van der Waals surface area contributed by atoms with Crippen molar-refractivity contribution in [2.45, 2.75) is 18.2 Å². The van der Waals surface area contributed by atoms with E-state index in [2.05, 4.69) is 15.0 Å². The number of nitrogens with zero attached hydrogens (tertiary/aromatic N) is 2. The lowest BCUT2D eigenvalue weighted by atomic mass is 10.0. The first-order valence-corrected chi connectivity index (χ1v) is 6.31. The van der Waals surface area contributed by atoms with Crippen molar-refractivity contribution >= 4 is 11.0 Å². The molecule has 1 unspecified atom stereocenters. The van der Waals surface area contributed by atoms with Gasteiger partial charge in [0.1, 0.15) is 11.1 Å². The first-order valence-electron chi connectivity index (χ1n) is 6.31. The van der Waals surface area contributed by atoms with E-state index in [-0.39, 0.29) is 18.6 Å². The second kappa shape index (κ2) is 4.67. The quantitative estimate of drug-likeness (QED) is 0.449. The molecular formula is C12H16N4O4. The number of aliphatic hydroxyl groups is 3. The molecule has 0 aliphatic carbocycles. The van der Waals surface area contributed by atoms with Crippen molar-refractivity contribution in [3.63, 3.8) is 0 Å². The maximum Gasteiger partial charge on any atom is 0.275 e. The Kier molecular flexibility index (Phi) is 3.09. The van der Waals surface area contributed by atoms with Crippen molar-refractivity contribution in [1.29, 1.82) is 0 Å². The van der Waals surface area contributed by atoms with Gasteiger partial charge in [-0.15, -0.1) is 0 Å². The van der Waals surface area contributed by atoms with Crippen LogP contribution < -0.4 is 5.56 Å². The van der Waals surface area contributed by atoms with E-state index in [4.69, 9.17) is 5.11 Å². The van der Waals surface area contributed by atoms with Crippen LogP contribution in [0.5, 0.6) is 0 Å². The molecule has 2 atom stereocenters. The van der Waals surface area contributed by atoms with Gasteiger partial charge < -0.3 is 25.3 Å². The van der Waals surface area contributed by atoms with Crippen LogP contribution in [0.4, 0.5) is 0 Å². The molecule has 8 heteroatoms. The molecule has 1 saturated heterocycles. The highest BCUT2D eigenvalue weighted by atomic mass is 16.4. The van der Waals surface area contributed by atoms with Crippen LogP contribution in [-0.4, -0.2) is 66.6 Å². The molecule has 0 aromatic carbocycles. The lowest BCUT2D eigenvalue weighted by molar-refractivity contribution is -0.0746. The Balaban J connectivity index is 1.85. The van der Waals surface area contributed by atoms with Crippen molar-refractivity contribution in [3.05, 3.63) is 28.4 Å². The maximum atomic E-state index is 11.6. The largest absolute Gasteiger partial charge is 0.393 e. The lowest BCUT2D eigenvalue weighted by Gasteiger charge is -2.22. The molecule has 0 radical (unpaired) electrons. The molecule has 20 heavy (non-hydrogen) atoms. The monoisotopic (exact) mass is 280 g/mol. The maximum absolute atomic E-state index is 11.6. The minimum atomic E-state index is -1.49. The van der Waals surface area contributed by atoms with Gasteiger partial charge in [-0.25, -0.2) is 4.98 Å². The number of fused-ring (bicyclic) bond motifs is 1. The predicted octanol–water partition coefficient (Wildman–Crippen LogP) is -1.85. The molecule has 1 aliphatic rings. The van der Waals surface area contributed by atoms with Crippen molar-refractivity contribution in [2.75, 3.05) is 19.7 Å². The van der Waals surface area contributed by atoms with Crippen LogP contribution in [0.1, 0.15) is 5.56 Å². The van der Waals surface area contributed by atoms with Gasteiger partial charge in [-0.1, -0.05) is 0 Å². The summed E-state index contributed by atoms with van der Waals surface area (Å²) in [4.78, 5) is 22.9. The Labute approximate surface area is 113 Å². The number of H-pyrrole nitrogens is 2. The second-order valence-electron chi connectivity index (χ2n) is 5.22. The van der Waals surface area contributed by atoms with Gasteiger partial charge in [0, 0.05) is 31.4 Å². The van der Waals surface area contributed by atoms with Gasteiger partial charge in [-0.3, -0.25) is 9.69 Å². The molecule has 0 bridgehead atoms. The fraction of sp³-hybridized carbons (Fsp3) is 0.500. The SMILES string of the molecule is O=c1[nH]cnc2c(CN3CC(O)[C@@](O)(CO)C3)c[nH]c12. The Morgan fingerprint density at radius 3 is 3.00 bits per heavy atom. The lowest BCUT2D eigenvalue weighted by Crippen LogP contribution is -2.45. The van der Waals surface area contributed by atoms with E-state index in [0.717, 1.165) is 5.56 Å². The van der Waals surface area contributed by atoms with Crippen molar-refractivity contribution in [2.24, 2.45) is 0 Å². The number of aromatic amines is 2. The average molecular weight is 280 g/mol. The zero-order valence-corrected chi connectivity index (χ0v) is 10.7. The molecule has 3 rings (SSSR count). The molecule has 1 fully saturated rings. The molecule has 2 aromatic rings. The number of aliphatic hydroxyl groups excluding tert-OH is 2. The number of rotatable bonds is 3. The summed E-state index contributed by atoms with van der Waals surface area (Å²) >= 11 is 0. The zero-order valence-electron chi connectivity index (χ0n) is 10.7. The van der Waals surface area contributed by atoms with Crippen molar-refractivity contribution < 1.29 is 15.3 Å². The summed E-state index contributed by atoms with van der Waals surface area (Å²) in [5.74, 6) is 0. The minimum Gasteiger partial charge on any atom is -0.393 e. The summed E-state index contributed by atoms with van der Waals surface area (Å²) in [6.07, 6.45) is 2.04. The van der Waals surface area contributed by atoms with Crippen LogP contribution in [0.25, 0.3) is 11.0 Å². The molecule has 0 spiro atoms. The Bertz CT molecular complexity index is 681. The molecule has 5 N–H and O–H groups in total. The Morgan fingerprint density at radius 2 is 2.30 bits per heavy atom. The molecule has 3 heterocycles. The molecular weight excluding hydrogens is 264 g/mol. The van der Waals surface area contributed by atoms with Crippen LogP contribution in [0.3, 0.4) is 0 Å². The van der Waals surface area contributed by atoms with Crippen LogP contribution >= 0.6 is 0 Å². The molecule has 108 valence electrons. The van der Waals surface area contributed by atoms with Crippen LogP contribution in [0.15, 0.2) is 17.3 Å². The van der Waals surface area contributed by atoms with E-state index in [0.29, 0.717) is 17.6 Å². The van der Waals surface area contributed by atoms with Crippen molar-refractivity contribution in [3.8, 4) is 0 Å². The number of hydrogen-bond acceptors (Lipinski definition) is 6. The van der Waals surface area contributed by atoms with Crippen molar-refractivity contribution in [1.82, 2.24) is 19.9 Å². The summed E-state index contributed by atoms with van der Waals surface area (Å²) in [7, 11) is 0.